The second-order valence-electron chi connectivity index (χ2n) is 6.52. The maximum atomic E-state index is 5.72. The van der Waals surface area contributed by atoms with Crippen molar-refractivity contribution in [2.45, 2.75) is 65.2 Å². The Morgan fingerprint density at radius 2 is 1.08 bits per heavy atom. The van der Waals surface area contributed by atoms with Gasteiger partial charge in [-0.3, -0.25) is 0 Å². The van der Waals surface area contributed by atoms with Gasteiger partial charge in [-0.05, 0) is 25.0 Å². The summed E-state index contributed by atoms with van der Waals surface area (Å²) in [7, 11) is 0. The molecule has 0 N–H and O–H groups in total. The lowest BCUT2D eigenvalue weighted by Gasteiger charge is -2.10. The molecule has 0 radical (unpaired) electrons. The van der Waals surface area contributed by atoms with Gasteiger partial charge in [0, 0.05) is 19.3 Å². The number of ether oxygens (including phenoxy) is 4. The second-order valence-corrected chi connectivity index (χ2v) is 6.52. The Morgan fingerprint density at radius 1 is 0.577 bits per heavy atom. The fourth-order valence-corrected chi connectivity index (χ4v) is 2.56. The molecule has 0 aliphatic heterocycles. The molecule has 0 spiro atoms. The van der Waals surface area contributed by atoms with Gasteiger partial charge in [-0.25, -0.2) is 0 Å². The van der Waals surface area contributed by atoms with E-state index >= 15 is 0 Å². The van der Waals surface area contributed by atoms with Crippen LogP contribution in [0.3, 0.4) is 0 Å². The van der Waals surface area contributed by atoms with Gasteiger partial charge in [-0.15, -0.1) is 0 Å². The third-order valence-electron chi connectivity index (χ3n) is 4.08. The van der Waals surface area contributed by atoms with Crippen LogP contribution < -0.4 is 9.47 Å². The first-order valence-electron chi connectivity index (χ1n) is 10.4. The Balaban J connectivity index is 2.03. The van der Waals surface area contributed by atoms with Crippen LogP contribution in [0.25, 0.3) is 0 Å². The van der Waals surface area contributed by atoms with E-state index in [1.807, 2.05) is 24.3 Å². The molecule has 0 aliphatic rings. The van der Waals surface area contributed by atoms with Gasteiger partial charge in [0.05, 0.1) is 13.2 Å². The molecule has 0 heterocycles. The van der Waals surface area contributed by atoms with Crippen LogP contribution in [0.5, 0.6) is 11.5 Å². The van der Waals surface area contributed by atoms with E-state index in [4.69, 9.17) is 18.9 Å². The Kier molecular flexibility index (Phi) is 15.0. The van der Waals surface area contributed by atoms with Crippen LogP contribution in [0.4, 0.5) is 0 Å². The smallest absolute Gasteiger partial charge is 0.123 e. The standard InChI is InChI=1S/C22H38O4/c1-3-5-7-9-14-23-16-18-25-21-12-11-13-22(20-21)26-19-17-24-15-10-8-6-4-2/h11-13,20H,3-10,14-19H2,1-2H3. The first-order chi connectivity index (χ1) is 12.9. The third-order valence-corrected chi connectivity index (χ3v) is 4.08. The van der Waals surface area contributed by atoms with E-state index in [0.29, 0.717) is 26.4 Å². The highest BCUT2D eigenvalue weighted by atomic mass is 16.5. The molecule has 0 saturated heterocycles. The Bertz CT molecular complexity index is 387. The molecule has 0 unspecified atom stereocenters. The van der Waals surface area contributed by atoms with E-state index in [-0.39, 0.29) is 0 Å². The van der Waals surface area contributed by atoms with Crippen molar-refractivity contribution in [1.82, 2.24) is 0 Å². The molecule has 0 aliphatic carbocycles. The largest absolute Gasteiger partial charge is 0.491 e. The summed E-state index contributed by atoms with van der Waals surface area (Å²) in [6.45, 7) is 8.47. The molecular weight excluding hydrogens is 328 g/mol. The van der Waals surface area contributed by atoms with E-state index in [9.17, 15) is 0 Å². The second kappa shape index (κ2) is 17.2. The highest BCUT2D eigenvalue weighted by Crippen LogP contribution is 2.19. The van der Waals surface area contributed by atoms with Gasteiger partial charge < -0.3 is 18.9 Å². The third kappa shape index (κ3) is 13.0. The van der Waals surface area contributed by atoms with Crippen LogP contribution >= 0.6 is 0 Å². The van der Waals surface area contributed by atoms with E-state index in [1.54, 1.807) is 0 Å². The van der Waals surface area contributed by atoms with Crippen molar-refractivity contribution < 1.29 is 18.9 Å². The molecule has 150 valence electrons. The zero-order valence-electron chi connectivity index (χ0n) is 16.8. The molecule has 0 aromatic heterocycles. The fraction of sp³-hybridized carbons (Fsp3) is 0.727. The van der Waals surface area contributed by atoms with Gasteiger partial charge in [0.15, 0.2) is 0 Å². The number of hydrogen-bond donors (Lipinski definition) is 0. The fourth-order valence-electron chi connectivity index (χ4n) is 2.56. The Morgan fingerprint density at radius 3 is 1.54 bits per heavy atom. The molecule has 4 heteroatoms. The molecule has 0 atom stereocenters. The Hall–Kier alpha value is -1.26. The molecule has 26 heavy (non-hydrogen) atoms. The van der Waals surface area contributed by atoms with Crippen LogP contribution in [0, 0.1) is 0 Å². The summed E-state index contributed by atoms with van der Waals surface area (Å²) in [5.74, 6) is 1.63. The molecular formula is C22H38O4. The van der Waals surface area contributed by atoms with Crippen molar-refractivity contribution in [2.75, 3.05) is 39.6 Å². The molecule has 0 bridgehead atoms. The zero-order valence-corrected chi connectivity index (χ0v) is 16.8. The SMILES string of the molecule is CCCCCCOCCOc1cccc(OCCOCCCCCC)c1. The summed E-state index contributed by atoms with van der Waals surface area (Å²) in [5, 5.41) is 0. The molecule has 0 fully saturated rings. The van der Waals surface area contributed by atoms with Crippen molar-refractivity contribution in [3.8, 4) is 11.5 Å². The zero-order chi connectivity index (χ0) is 18.7. The van der Waals surface area contributed by atoms with Crippen molar-refractivity contribution in [1.29, 1.82) is 0 Å². The number of benzene rings is 1. The van der Waals surface area contributed by atoms with Crippen LogP contribution in [-0.2, 0) is 9.47 Å². The summed E-state index contributed by atoms with van der Waals surface area (Å²) in [6.07, 6.45) is 9.86. The molecule has 4 nitrogen and oxygen atoms in total. The highest BCUT2D eigenvalue weighted by Gasteiger charge is 1.99. The average molecular weight is 367 g/mol. The van der Waals surface area contributed by atoms with E-state index < -0.39 is 0 Å². The predicted octanol–water partition coefficient (Wildman–Crippen LogP) is 5.64. The maximum absolute atomic E-state index is 5.72. The van der Waals surface area contributed by atoms with Crippen molar-refractivity contribution in [2.24, 2.45) is 0 Å². The van der Waals surface area contributed by atoms with Crippen LogP contribution in [0.15, 0.2) is 24.3 Å². The van der Waals surface area contributed by atoms with Gasteiger partial charge >= 0.3 is 0 Å². The van der Waals surface area contributed by atoms with E-state index in [2.05, 4.69) is 13.8 Å². The first kappa shape index (κ1) is 22.8. The monoisotopic (exact) mass is 366 g/mol. The summed E-state index contributed by atoms with van der Waals surface area (Å²) < 4.78 is 22.6. The summed E-state index contributed by atoms with van der Waals surface area (Å²) in [5.41, 5.74) is 0. The minimum atomic E-state index is 0.568. The van der Waals surface area contributed by atoms with Crippen molar-refractivity contribution >= 4 is 0 Å². The topological polar surface area (TPSA) is 36.9 Å². The number of hydrogen-bond acceptors (Lipinski definition) is 4. The average Bonchev–Trinajstić information content (AvgIpc) is 2.66. The van der Waals surface area contributed by atoms with Crippen LogP contribution in [-0.4, -0.2) is 39.6 Å². The van der Waals surface area contributed by atoms with Crippen LogP contribution in [0.2, 0.25) is 0 Å². The Labute approximate surface area is 160 Å². The van der Waals surface area contributed by atoms with Crippen molar-refractivity contribution in [3.05, 3.63) is 24.3 Å². The minimum absolute atomic E-state index is 0.568. The van der Waals surface area contributed by atoms with Gasteiger partial charge in [-0.2, -0.15) is 0 Å². The summed E-state index contributed by atoms with van der Waals surface area (Å²) in [4.78, 5) is 0. The molecule has 1 aromatic carbocycles. The molecule has 0 amide bonds. The van der Waals surface area contributed by atoms with Gasteiger partial charge in [-0.1, -0.05) is 58.4 Å². The van der Waals surface area contributed by atoms with Crippen molar-refractivity contribution in [3.63, 3.8) is 0 Å². The van der Waals surface area contributed by atoms with E-state index in [1.165, 1.54) is 38.5 Å². The maximum Gasteiger partial charge on any atom is 0.123 e. The lowest BCUT2D eigenvalue weighted by molar-refractivity contribution is 0.0948. The summed E-state index contributed by atoms with van der Waals surface area (Å²) >= 11 is 0. The highest BCUT2D eigenvalue weighted by molar-refractivity contribution is 5.32. The number of rotatable bonds is 18. The van der Waals surface area contributed by atoms with Gasteiger partial charge in [0.1, 0.15) is 24.7 Å². The molecule has 1 rings (SSSR count). The first-order valence-corrected chi connectivity index (χ1v) is 10.4. The van der Waals surface area contributed by atoms with Crippen LogP contribution in [0.1, 0.15) is 65.2 Å². The van der Waals surface area contributed by atoms with Gasteiger partial charge in [0.25, 0.3) is 0 Å². The number of unbranched alkanes of at least 4 members (excludes halogenated alkanes) is 6. The molecule has 1 aromatic rings. The lowest BCUT2D eigenvalue weighted by atomic mass is 10.2. The predicted molar refractivity (Wildman–Crippen MR) is 107 cm³/mol. The normalized spacial score (nSPS) is 10.8. The summed E-state index contributed by atoms with van der Waals surface area (Å²) in [6, 6.07) is 7.75. The lowest BCUT2D eigenvalue weighted by Crippen LogP contribution is -2.09. The van der Waals surface area contributed by atoms with Gasteiger partial charge in [0.2, 0.25) is 0 Å². The molecule has 0 saturated carbocycles. The minimum Gasteiger partial charge on any atom is -0.491 e. The quantitative estimate of drug-likeness (QED) is 0.315. The van der Waals surface area contributed by atoms with E-state index in [0.717, 1.165) is 37.6 Å².